The molecule has 0 aliphatic heterocycles. The maximum atomic E-state index is 4.99. The van der Waals surface area contributed by atoms with Gasteiger partial charge in [0, 0.05) is 15.1 Å². The monoisotopic (exact) mass is 471 g/mol. The van der Waals surface area contributed by atoms with Gasteiger partial charge in [-0.2, -0.15) is 0 Å². The van der Waals surface area contributed by atoms with Gasteiger partial charge in [0.2, 0.25) is 0 Å². The SMILES string of the molecule is Cc1ccc(Sc2nc3cc4ccccc4cc3nc2Nc2ccc(Br)cc2)cc1. The number of nitrogens with zero attached hydrogens (tertiary/aromatic N) is 2. The van der Waals surface area contributed by atoms with E-state index in [1.54, 1.807) is 11.8 Å². The normalized spacial score (nSPS) is 11.1. The van der Waals surface area contributed by atoms with Gasteiger partial charge in [-0.3, -0.25) is 0 Å². The van der Waals surface area contributed by atoms with Crippen LogP contribution in [0.1, 0.15) is 5.56 Å². The fraction of sp³-hybridized carbons (Fsp3) is 0.0400. The van der Waals surface area contributed by atoms with Crippen LogP contribution < -0.4 is 5.32 Å². The number of anilines is 2. The summed E-state index contributed by atoms with van der Waals surface area (Å²) >= 11 is 5.11. The summed E-state index contributed by atoms with van der Waals surface area (Å²) in [7, 11) is 0. The highest BCUT2D eigenvalue weighted by molar-refractivity contribution is 9.10. The van der Waals surface area contributed by atoms with Crippen LogP contribution in [-0.4, -0.2) is 9.97 Å². The van der Waals surface area contributed by atoms with Crippen molar-refractivity contribution in [2.45, 2.75) is 16.8 Å². The predicted molar refractivity (Wildman–Crippen MR) is 130 cm³/mol. The molecule has 5 rings (SSSR count). The number of fused-ring (bicyclic) bond motifs is 2. The molecule has 0 atom stereocenters. The van der Waals surface area contributed by atoms with Crippen molar-refractivity contribution in [3.05, 3.63) is 95.0 Å². The lowest BCUT2D eigenvalue weighted by Gasteiger charge is -2.12. The van der Waals surface area contributed by atoms with Crippen molar-refractivity contribution in [2.24, 2.45) is 0 Å². The zero-order valence-corrected chi connectivity index (χ0v) is 18.7. The number of nitrogens with one attached hydrogen (secondary N) is 1. The Morgan fingerprint density at radius 3 is 2.07 bits per heavy atom. The van der Waals surface area contributed by atoms with Crippen molar-refractivity contribution in [2.75, 3.05) is 5.32 Å². The van der Waals surface area contributed by atoms with Gasteiger partial charge in [0.05, 0.1) is 11.0 Å². The van der Waals surface area contributed by atoms with E-state index >= 15 is 0 Å². The molecular weight excluding hydrogens is 454 g/mol. The van der Waals surface area contributed by atoms with Gasteiger partial charge in [-0.25, -0.2) is 9.97 Å². The van der Waals surface area contributed by atoms with Gasteiger partial charge in [0.25, 0.3) is 0 Å². The Bertz CT molecular complexity index is 1240. The summed E-state index contributed by atoms with van der Waals surface area (Å²) in [6.45, 7) is 2.09. The van der Waals surface area contributed by atoms with Crippen LogP contribution in [0.2, 0.25) is 0 Å². The molecule has 4 aromatic carbocycles. The second-order valence-corrected chi connectivity index (χ2v) is 9.09. The summed E-state index contributed by atoms with van der Waals surface area (Å²) in [5.74, 6) is 0.755. The van der Waals surface area contributed by atoms with Gasteiger partial charge in [-0.1, -0.05) is 69.7 Å². The van der Waals surface area contributed by atoms with Crippen LogP contribution in [0, 0.1) is 6.92 Å². The van der Waals surface area contributed by atoms with Crippen molar-refractivity contribution in [3.8, 4) is 0 Å². The number of halogens is 1. The van der Waals surface area contributed by atoms with Gasteiger partial charge in [0.15, 0.2) is 5.82 Å². The van der Waals surface area contributed by atoms with Crippen molar-refractivity contribution in [1.29, 1.82) is 0 Å². The Morgan fingerprint density at radius 1 is 0.767 bits per heavy atom. The third kappa shape index (κ3) is 4.04. The van der Waals surface area contributed by atoms with Crippen molar-refractivity contribution in [1.82, 2.24) is 9.97 Å². The molecule has 146 valence electrons. The molecule has 0 saturated carbocycles. The number of benzene rings is 4. The zero-order chi connectivity index (χ0) is 20.5. The van der Waals surface area contributed by atoms with E-state index in [-0.39, 0.29) is 0 Å². The molecular formula is C25H18BrN3S. The number of aryl methyl sites for hydroxylation is 1. The van der Waals surface area contributed by atoms with Gasteiger partial charge in [0.1, 0.15) is 5.03 Å². The first-order chi connectivity index (χ1) is 14.6. The largest absolute Gasteiger partial charge is 0.338 e. The summed E-state index contributed by atoms with van der Waals surface area (Å²) in [6.07, 6.45) is 0. The standard InChI is InChI=1S/C25H18BrN3S/c1-16-6-12-21(13-7-16)30-25-24(27-20-10-8-19(26)9-11-20)28-22-14-17-4-2-3-5-18(17)15-23(22)29-25/h2-15H,1H3,(H,27,28). The van der Waals surface area contributed by atoms with E-state index in [0.717, 1.165) is 42.3 Å². The quantitative estimate of drug-likeness (QED) is 0.272. The van der Waals surface area contributed by atoms with E-state index in [1.165, 1.54) is 10.9 Å². The number of hydrogen-bond acceptors (Lipinski definition) is 4. The maximum Gasteiger partial charge on any atom is 0.164 e. The number of rotatable bonds is 4. The summed E-state index contributed by atoms with van der Waals surface area (Å²) in [5.41, 5.74) is 3.98. The highest BCUT2D eigenvalue weighted by Gasteiger charge is 2.12. The topological polar surface area (TPSA) is 37.8 Å². The molecule has 0 aliphatic rings. The zero-order valence-electron chi connectivity index (χ0n) is 16.3. The lowest BCUT2D eigenvalue weighted by molar-refractivity contribution is 1.12. The fourth-order valence-corrected chi connectivity index (χ4v) is 4.36. The fourth-order valence-electron chi connectivity index (χ4n) is 3.27. The van der Waals surface area contributed by atoms with E-state index < -0.39 is 0 Å². The first-order valence-corrected chi connectivity index (χ1v) is 11.2. The Balaban J connectivity index is 1.63. The van der Waals surface area contributed by atoms with Gasteiger partial charge >= 0.3 is 0 Å². The molecule has 3 nitrogen and oxygen atoms in total. The minimum absolute atomic E-state index is 0.755. The molecule has 0 amide bonds. The Hall–Kier alpha value is -2.89. The summed E-state index contributed by atoms with van der Waals surface area (Å²) in [6, 6.07) is 29.1. The van der Waals surface area contributed by atoms with Crippen molar-refractivity contribution >= 4 is 61.0 Å². The van der Waals surface area contributed by atoms with Crippen LogP contribution in [0.25, 0.3) is 21.8 Å². The summed E-state index contributed by atoms with van der Waals surface area (Å²) < 4.78 is 1.04. The molecule has 1 N–H and O–H groups in total. The van der Waals surface area contributed by atoms with Crippen molar-refractivity contribution in [3.63, 3.8) is 0 Å². The maximum absolute atomic E-state index is 4.99. The van der Waals surface area contributed by atoms with Gasteiger partial charge in [-0.05, 0) is 66.2 Å². The summed E-state index contributed by atoms with van der Waals surface area (Å²) in [5, 5.41) is 6.63. The van der Waals surface area contributed by atoms with Crippen LogP contribution in [-0.2, 0) is 0 Å². The molecule has 0 bridgehead atoms. The molecule has 0 aliphatic carbocycles. The molecule has 0 fully saturated rings. The third-order valence-electron chi connectivity index (χ3n) is 4.84. The van der Waals surface area contributed by atoms with Crippen molar-refractivity contribution < 1.29 is 0 Å². The molecule has 5 aromatic rings. The van der Waals surface area contributed by atoms with E-state index in [9.17, 15) is 0 Å². The molecule has 0 unspecified atom stereocenters. The number of aromatic nitrogens is 2. The highest BCUT2D eigenvalue weighted by Crippen LogP contribution is 2.35. The van der Waals surface area contributed by atoms with E-state index in [2.05, 4.69) is 76.7 Å². The molecule has 0 spiro atoms. The van der Waals surface area contributed by atoms with Gasteiger partial charge < -0.3 is 5.32 Å². The van der Waals surface area contributed by atoms with Crippen LogP contribution in [0.15, 0.2) is 99.3 Å². The molecule has 0 radical (unpaired) electrons. The minimum Gasteiger partial charge on any atom is -0.338 e. The molecule has 5 heteroatoms. The average Bonchev–Trinajstić information content (AvgIpc) is 2.76. The van der Waals surface area contributed by atoms with E-state index in [0.29, 0.717) is 0 Å². The second kappa shape index (κ2) is 8.09. The lowest BCUT2D eigenvalue weighted by atomic mass is 10.1. The smallest absolute Gasteiger partial charge is 0.164 e. The Kier molecular flexibility index (Phi) is 5.15. The first kappa shape index (κ1) is 19.1. The van der Waals surface area contributed by atoms with Crippen LogP contribution in [0.5, 0.6) is 0 Å². The van der Waals surface area contributed by atoms with Gasteiger partial charge in [-0.15, -0.1) is 0 Å². The average molecular weight is 472 g/mol. The molecule has 30 heavy (non-hydrogen) atoms. The van der Waals surface area contributed by atoms with E-state index in [4.69, 9.17) is 9.97 Å². The minimum atomic E-state index is 0.755. The van der Waals surface area contributed by atoms with Crippen LogP contribution in [0.4, 0.5) is 11.5 Å². The Labute approximate surface area is 187 Å². The van der Waals surface area contributed by atoms with Crippen LogP contribution >= 0.6 is 27.7 Å². The Morgan fingerprint density at radius 2 is 1.40 bits per heavy atom. The molecule has 1 aromatic heterocycles. The highest BCUT2D eigenvalue weighted by atomic mass is 79.9. The third-order valence-corrected chi connectivity index (χ3v) is 6.36. The molecule has 1 heterocycles. The first-order valence-electron chi connectivity index (χ1n) is 9.62. The van der Waals surface area contributed by atoms with Crippen LogP contribution in [0.3, 0.4) is 0 Å². The number of hydrogen-bond donors (Lipinski definition) is 1. The summed E-state index contributed by atoms with van der Waals surface area (Å²) in [4.78, 5) is 11.1. The van der Waals surface area contributed by atoms with E-state index in [1.807, 2.05) is 36.4 Å². The molecule has 0 saturated heterocycles. The second-order valence-electron chi connectivity index (χ2n) is 7.11. The predicted octanol–water partition coefficient (Wildman–Crippen LogP) is 7.75. The lowest BCUT2D eigenvalue weighted by Crippen LogP contribution is -1.99.